The number of nitrogens with zero attached hydrogens (tertiary/aromatic N) is 2. The van der Waals surface area contributed by atoms with Crippen LogP contribution >= 0.6 is 12.2 Å². The van der Waals surface area contributed by atoms with Crippen molar-refractivity contribution >= 4 is 27.2 Å². The van der Waals surface area contributed by atoms with Gasteiger partial charge in [-0.05, 0) is 23.3 Å². The molecule has 2 fully saturated rings. The molecule has 0 bridgehead atoms. The van der Waals surface area contributed by atoms with Gasteiger partial charge in [0.2, 0.25) is 0 Å². The monoisotopic (exact) mass is 372 g/mol. The summed E-state index contributed by atoms with van der Waals surface area (Å²) < 4.78 is 24.5. The molecule has 2 heterocycles. The van der Waals surface area contributed by atoms with Gasteiger partial charge in [-0.15, -0.1) is 0 Å². The molecule has 130 valence electrons. The van der Waals surface area contributed by atoms with Crippen LogP contribution in [0.1, 0.15) is 11.1 Å². The third-order valence-electron chi connectivity index (χ3n) is 4.98. The lowest BCUT2D eigenvalue weighted by Crippen LogP contribution is -2.36. The molecule has 0 spiro atoms. The fourth-order valence-electron chi connectivity index (χ4n) is 3.78. The zero-order valence-corrected chi connectivity index (χ0v) is 15.4. The first-order chi connectivity index (χ1) is 12.0. The summed E-state index contributed by atoms with van der Waals surface area (Å²) in [6, 6.07) is 20.1. The van der Waals surface area contributed by atoms with Crippen molar-refractivity contribution in [3.05, 3.63) is 71.8 Å². The molecule has 0 radical (unpaired) electrons. The van der Waals surface area contributed by atoms with Crippen molar-refractivity contribution in [2.75, 3.05) is 11.5 Å². The Morgan fingerprint density at radius 3 is 1.60 bits per heavy atom. The highest BCUT2D eigenvalue weighted by Crippen LogP contribution is 2.33. The smallest absolute Gasteiger partial charge is 0.172 e. The number of benzene rings is 2. The van der Waals surface area contributed by atoms with Crippen LogP contribution in [0.15, 0.2) is 60.7 Å². The first kappa shape index (κ1) is 16.5. The molecule has 0 aromatic heterocycles. The third-order valence-corrected chi connectivity index (χ3v) is 7.14. The lowest BCUT2D eigenvalue weighted by molar-refractivity contribution is 0.306. The molecule has 0 amide bonds. The molecule has 2 atom stereocenters. The summed E-state index contributed by atoms with van der Waals surface area (Å²) in [5.74, 6) is 0.381. The summed E-state index contributed by atoms with van der Waals surface area (Å²) in [5.41, 5.74) is 2.30. The predicted molar refractivity (Wildman–Crippen MR) is 103 cm³/mol. The Labute approximate surface area is 154 Å². The van der Waals surface area contributed by atoms with Crippen molar-refractivity contribution in [2.24, 2.45) is 0 Å². The minimum atomic E-state index is -3.02. The Morgan fingerprint density at radius 2 is 1.20 bits per heavy atom. The second-order valence-electron chi connectivity index (χ2n) is 6.72. The number of hydrogen-bond donors (Lipinski definition) is 0. The van der Waals surface area contributed by atoms with Gasteiger partial charge in [-0.3, -0.25) is 0 Å². The van der Waals surface area contributed by atoms with Gasteiger partial charge in [0.15, 0.2) is 14.9 Å². The van der Waals surface area contributed by atoms with Gasteiger partial charge in [0.25, 0.3) is 0 Å². The van der Waals surface area contributed by atoms with Gasteiger partial charge in [0, 0.05) is 13.1 Å². The highest BCUT2D eigenvalue weighted by atomic mass is 32.2. The van der Waals surface area contributed by atoms with E-state index in [2.05, 4.69) is 34.1 Å². The van der Waals surface area contributed by atoms with Crippen molar-refractivity contribution in [1.82, 2.24) is 9.80 Å². The van der Waals surface area contributed by atoms with Crippen LogP contribution in [0.4, 0.5) is 0 Å². The predicted octanol–water partition coefficient (Wildman–Crippen LogP) is 2.45. The van der Waals surface area contributed by atoms with Gasteiger partial charge < -0.3 is 9.80 Å². The Kier molecular flexibility index (Phi) is 4.25. The maximum Gasteiger partial charge on any atom is 0.172 e. The summed E-state index contributed by atoms with van der Waals surface area (Å²) in [5, 5.41) is 0.762. The number of thiocarbonyl (C=S) groups is 1. The van der Waals surface area contributed by atoms with Crippen molar-refractivity contribution in [3.8, 4) is 0 Å². The lowest BCUT2D eigenvalue weighted by Gasteiger charge is -2.25. The van der Waals surface area contributed by atoms with Crippen LogP contribution in [-0.2, 0) is 22.9 Å². The molecule has 0 unspecified atom stereocenters. The molecular weight excluding hydrogens is 352 g/mol. The van der Waals surface area contributed by atoms with E-state index in [0.29, 0.717) is 13.1 Å². The lowest BCUT2D eigenvalue weighted by atomic mass is 10.1. The van der Waals surface area contributed by atoms with Gasteiger partial charge in [0.1, 0.15) is 0 Å². The highest BCUT2D eigenvalue weighted by molar-refractivity contribution is 7.91. The summed E-state index contributed by atoms with van der Waals surface area (Å²) in [4.78, 5) is 4.20. The van der Waals surface area contributed by atoms with E-state index in [4.69, 9.17) is 12.2 Å². The molecule has 4 nitrogen and oxygen atoms in total. The second-order valence-corrected chi connectivity index (χ2v) is 9.24. The fourth-order valence-corrected chi connectivity index (χ4v) is 6.17. The van der Waals surface area contributed by atoms with Crippen LogP contribution in [0.25, 0.3) is 0 Å². The molecule has 2 saturated heterocycles. The summed E-state index contributed by atoms with van der Waals surface area (Å²) in [7, 11) is -3.02. The van der Waals surface area contributed by atoms with E-state index in [-0.39, 0.29) is 23.6 Å². The average Bonchev–Trinajstić information content (AvgIpc) is 3.03. The van der Waals surface area contributed by atoms with Crippen LogP contribution < -0.4 is 0 Å². The zero-order valence-electron chi connectivity index (χ0n) is 13.8. The quantitative estimate of drug-likeness (QED) is 0.771. The average molecular weight is 373 g/mol. The van der Waals surface area contributed by atoms with Gasteiger partial charge >= 0.3 is 0 Å². The van der Waals surface area contributed by atoms with E-state index >= 15 is 0 Å². The number of rotatable bonds is 4. The minimum absolute atomic E-state index is 0.0542. The Balaban J connectivity index is 1.63. The summed E-state index contributed by atoms with van der Waals surface area (Å²) in [6.07, 6.45) is 0. The molecule has 0 N–H and O–H groups in total. The van der Waals surface area contributed by atoms with Crippen LogP contribution in [0, 0.1) is 0 Å². The van der Waals surface area contributed by atoms with E-state index in [0.717, 1.165) is 16.2 Å². The van der Waals surface area contributed by atoms with Gasteiger partial charge in [-0.1, -0.05) is 60.7 Å². The first-order valence-corrected chi connectivity index (χ1v) is 10.6. The molecule has 0 aliphatic carbocycles. The Morgan fingerprint density at radius 1 is 0.800 bits per heavy atom. The molecule has 4 rings (SSSR count). The topological polar surface area (TPSA) is 40.6 Å². The van der Waals surface area contributed by atoms with Crippen LogP contribution in [0.5, 0.6) is 0 Å². The molecule has 6 heteroatoms. The van der Waals surface area contributed by atoms with E-state index in [9.17, 15) is 8.42 Å². The maximum absolute atomic E-state index is 12.3. The van der Waals surface area contributed by atoms with E-state index < -0.39 is 9.84 Å². The minimum Gasteiger partial charge on any atom is -0.339 e. The van der Waals surface area contributed by atoms with E-state index in [1.165, 1.54) is 0 Å². The first-order valence-electron chi connectivity index (χ1n) is 8.39. The molecular formula is C19H20N2O2S2. The molecule has 25 heavy (non-hydrogen) atoms. The van der Waals surface area contributed by atoms with Crippen molar-refractivity contribution < 1.29 is 8.42 Å². The molecule has 2 aromatic carbocycles. The molecule has 2 aliphatic rings. The Hall–Kier alpha value is -1.92. The summed E-state index contributed by atoms with van der Waals surface area (Å²) in [6.45, 7) is 1.31. The van der Waals surface area contributed by atoms with Crippen LogP contribution in [-0.4, -0.2) is 46.9 Å². The van der Waals surface area contributed by atoms with E-state index in [1.54, 1.807) is 0 Å². The normalized spacial score (nSPS) is 24.6. The second kappa shape index (κ2) is 6.42. The highest BCUT2D eigenvalue weighted by Gasteiger charge is 2.51. The maximum atomic E-state index is 12.3. The largest absolute Gasteiger partial charge is 0.339 e. The number of hydrogen-bond acceptors (Lipinski definition) is 3. The standard InChI is InChI=1S/C19H20N2O2S2/c22-25(23)13-17-18(14-25)21(12-16-9-5-2-6-10-16)19(24)20(17)11-15-7-3-1-4-8-15/h1-10,17-18H,11-14H2/t17-,18+. The molecule has 2 aliphatic heterocycles. The third kappa shape index (κ3) is 3.28. The summed E-state index contributed by atoms with van der Waals surface area (Å²) >= 11 is 5.75. The molecule has 2 aromatic rings. The Bertz CT molecular complexity index is 803. The zero-order chi connectivity index (χ0) is 17.4. The van der Waals surface area contributed by atoms with E-state index in [1.807, 2.05) is 36.4 Å². The van der Waals surface area contributed by atoms with Gasteiger partial charge in [-0.25, -0.2) is 8.42 Å². The van der Waals surface area contributed by atoms with Crippen molar-refractivity contribution in [3.63, 3.8) is 0 Å². The van der Waals surface area contributed by atoms with Gasteiger partial charge in [0.05, 0.1) is 23.6 Å². The molecule has 0 saturated carbocycles. The number of sulfone groups is 1. The number of fused-ring (bicyclic) bond motifs is 1. The fraction of sp³-hybridized carbons (Fsp3) is 0.316. The van der Waals surface area contributed by atoms with Crippen LogP contribution in [0.2, 0.25) is 0 Å². The van der Waals surface area contributed by atoms with Crippen LogP contribution in [0.3, 0.4) is 0 Å². The SMILES string of the molecule is O=S1(=O)C[C@@H]2[C@H](C1)N(Cc1ccccc1)C(=S)N2Cc1ccccc1. The van der Waals surface area contributed by atoms with Crippen molar-refractivity contribution in [2.45, 2.75) is 25.2 Å². The van der Waals surface area contributed by atoms with Gasteiger partial charge in [-0.2, -0.15) is 0 Å². The van der Waals surface area contributed by atoms with Crippen molar-refractivity contribution in [1.29, 1.82) is 0 Å².